The van der Waals surface area contributed by atoms with Crippen molar-refractivity contribution in [2.45, 2.75) is 20.4 Å². The molecule has 0 radical (unpaired) electrons. The second kappa shape index (κ2) is 4.78. The van der Waals surface area contributed by atoms with Crippen LogP contribution in [-0.4, -0.2) is 14.5 Å². The second-order valence-corrected chi connectivity index (χ2v) is 5.31. The molecule has 0 aliphatic carbocycles. The van der Waals surface area contributed by atoms with E-state index in [4.69, 9.17) is 4.98 Å². The zero-order chi connectivity index (χ0) is 13.4. The molecular formula is C15H14BrN3. The minimum Gasteiger partial charge on any atom is -0.331 e. The molecule has 3 nitrogen and oxygen atoms in total. The van der Waals surface area contributed by atoms with Crippen molar-refractivity contribution in [3.63, 3.8) is 0 Å². The molecule has 96 valence electrons. The average molecular weight is 316 g/mol. The first-order chi connectivity index (χ1) is 9.20. The van der Waals surface area contributed by atoms with Crippen molar-refractivity contribution >= 4 is 27.0 Å². The lowest BCUT2D eigenvalue weighted by atomic mass is 10.2. The molecule has 2 aromatic heterocycles. The van der Waals surface area contributed by atoms with Crippen LogP contribution in [0.3, 0.4) is 0 Å². The Morgan fingerprint density at radius 1 is 1.16 bits per heavy atom. The van der Waals surface area contributed by atoms with Gasteiger partial charge in [-0.05, 0) is 29.8 Å². The third-order valence-corrected chi connectivity index (χ3v) is 3.82. The van der Waals surface area contributed by atoms with E-state index in [0.717, 1.165) is 39.1 Å². The molecule has 0 amide bonds. The monoisotopic (exact) mass is 315 g/mol. The molecule has 0 atom stereocenters. The molecule has 3 rings (SSSR count). The zero-order valence-electron chi connectivity index (χ0n) is 10.9. The fraction of sp³-hybridized carbons (Fsp3) is 0.200. The molecule has 0 saturated carbocycles. The highest BCUT2D eigenvalue weighted by molar-refractivity contribution is 9.10. The van der Waals surface area contributed by atoms with E-state index in [-0.39, 0.29) is 0 Å². The van der Waals surface area contributed by atoms with Gasteiger partial charge >= 0.3 is 0 Å². The average Bonchev–Trinajstić information content (AvgIpc) is 2.76. The van der Waals surface area contributed by atoms with Crippen molar-refractivity contribution in [2.24, 2.45) is 0 Å². The summed E-state index contributed by atoms with van der Waals surface area (Å²) in [5.41, 5.74) is 3.04. The van der Waals surface area contributed by atoms with E-state index in [1.165, 1.54) is 0 Å². The highest BCUT2D eigenvalue weighted by atomic mass is 79.9. The van der Waals surface area contributed by atoms with E-state index in [1.807, 2.05) is 37.3 Å². The topological polar surface area (TPSA) is 30.7 Å². The first-order valence-electron chi connectivity index (χ1n) is 6.29. The molecule has 19 heavy (non-hydrogen) atoms. The molecule has 0 saturated heterocycles. The van der Waals surface area contributed by atoms with Gasteiger partial charge in [0.1, 0.15) is 5.65 Å². The minimum absolute atomic E-state index is 0.783. The van der Waals surface area contributed by atoms with E-state index in [9.17, 15) is 0 Å². The number of hydrogen-bond donors (Lipinski definition) is 0. The Morgan fingerprint density at radius 2 is 1.89 bits per heavy atom. The van der Waals surface area contributed by atoms with Gasteiger partial charge in [0.15, 0.2) is 5.82 Å². The Balaban J connectivity index is 2.30. The molecule has 0 spiro atoms. The van der Waals surface area contributed by atoms with Gasteiger partial charge in [0, 0.05) is 22.8 Å². The summed E-state index contributed by atoms with van der Waals surface area (Å²) in [6.45, 7) is 5.04. The van der Waals surface area contributed by atoms with Crippen LogP contribution < -0.4 is 0 Å². The number of aromatic nitrogens is 3. The van der Waals surface area contributed by atoms with Crippen LogP contribution in [-0.2, 0) is 6.54 Å². The van der Waals surface area contributed by atoms with Gasteiger partial charge in [-0.1, -0.05) is 30.3 Å². The van der Waals surface area contributed by atoms with Crippen LogP contribution in [0.5, 0.6) is 0 Å². The summed E-state index contributed by atoms with van der Waals surface area (Å²) in [7, 11) is 0. The molecule has 2 heterocycles. The lowest BCUT2D eigenvalue weighted by molar-refractivity contribution is 0.785. The lowest BCUT2D eigenvalue weighted by Crippen LogP contribution is -1.98. The summed E-state index contributed by atoms with van der Waals surface area (Å²) in [5.74, 6) is 0.783. The van der Waals surface area contributed by atoms with Gasteiger partial charge < -0.3 is 4.57 Å². The van der Waals surface area contributed by atoms with E-state index in [0.29, 0.717) is 0 Å². The van der Waals surface area contributed by atoms with Crippen LogP contribution in [0.1, 0.15) is 12.6 Å². The Hall–Kier alpha value is -1.68. The SMILES string of the molecule is CCn1cc(Br)c2c(C)nc(-c3ccccc3)nc21. The van der Waals surface area contributed by atoms with Crippen molar-refractivity contribution in [1.29, 1.82) is 0 Å². The van der Waals surface area contributed by atoms with Gasteiger partial charge in [-0.3, -0.25) is 0 Å². The number of halogens is 1. The van der Waals surface area contributed by atoms with Crippen molar-refractivity contribution in [1.82, 2.24) is 14.5 Å². The molecule has 0 N–H and O–H groups in total. The van der Waals surface area contributed by atoms with E-state index in [2.05, 4.69) is 38.6 Å². The van der Waals surface area contributed by atoms with Crippen molar-refractivity contribution in [2.75, 3.05) is 0 Å². The minimum atomic E-state index is 0.783. The Labute approximate surface area is 120 Å². The van der Waals surface area contributed by atoms with E-state index in [1.54, 1.807) is 0 Å². The first kappa shape index (κ1) is 12.4. The van der Waals surface area contributed by atoms with Gasteiger partial charge in [-0.15, -0.1) is 0 Å². The predicted molar refractivity (Wildman–Crippen MR) is 81.1 cm³/mol. The molecule has 4 heteroatoms. The predicted octanol–water partition coefficient (Wildman–Crippen LogP) is 4.19. The quantitative estimate of drug-likeness (QED) is 0.710. The summed E-state index contributed by atoms with van der Waals surface area (Å²) in [5, 5.41) is 1.10. The molecule has 1 aromatic carbocycles. The van der Waals surface area contributed by atoms with Crippen LogP contribution in [0.2, 0.25) is 0 Å². The smallest absolute Gasteiger partial charge is 0.161 e. The van der Waals surface area contributed by atoms with Gasteiger partial charge in [-0.2, -0.15) is 0 Å². The molecule has 0 aliphatic rings. The molecule has 0 aliphatic heterocycles. The van der Waals surface area contributed by atoms with Crippen LogP contribution in [0.15, 0.2) is 41.0 Å². The Morgan fingerprint density at radius 3 is 2.58 bits per heavy atom. The van der Waals surface area contributed by atoms with Crippen LogP contribution >= 0.6 is 15.9 Å². The second-order valence-electron chi connectivity index (χ2n) is 4.46. The van der Waals surface area contributed by atoms with Crippen molar-refractivity contribution < 1.29 is 0 Å². The first-order valence-corrected chi connectivity index (χ1v) is 7.08. The maximum Gasteiger partial charge on any atom is 0.161 e. The standard InChI is InChI=1S/C15H14BrN3/c1-3-19-9-12(16)13-10(2)17-14(18-15(13)19)11-7-5-4-6-8-11/h4-9H,3H2,1-2H3. The molecule has 3 aromatic rings. The maximum atomic E-state index is 4.72. The summed E-state index contributed by atoms with van der Waals surface area (Å²) in [6, 6.07) is 10.1. The summed E-state index contributed by atoms with van der Waals surface area (Å²) in [6.07, 6.45) is 2.07. The van der Waals surface area contributed by atoms with Gasteiger partial charge in [0.2, 0.25) is 0 Å². The molecule has 0 fully saturated rings. The third kappa shape index (κ3) is 2.06. The van der Waals surface area contributed by atoms with E-state index < -0.39 is 0 Å². The number of hydrogen-bond acceptors (Lipinski definition) is 2. The van der Waals surface area contributed by atoms with Gasteiger partial charge in [0.05, 0.1) is 11.1 Å². The number of rotatable bonds is 2. The molecular weight excluding hydrogens is 302 g/mol. The van der Waals surface area contributed by atoms with Crippen molar-refractivity contribution in [3.05, 3.63) is 46.7 Å². The number of benzene rings is 1. The normalized spacial score (nSPS) is 11.1. The fourth-order valence-electron chi connectivity index (χ4n) is 2.27. The van der Waals surface area contributed by atoms with Crippen LogP contribution in [0.4, 0.5) is 0 Å². The highest BCUT2D eigenvalue weighted by Crippen LogP contribution is 2.29. The summed E-state index contributed by atoms with van der Waals surface area (Å²) in [4.78, 5) is 9.35. The maximum absolute atomic E-state index is 4.72. The number of aryl methyl sites for hydroxylation is 2. The summed E-state index contributed by atoms with van der Waals surface area (Å²) >= 11 is 3.59. The Bertz CT molecular complexity index is 732. The largest absolute Gasteiger partial charge is 0.331 e. The highest BCUT2D eigenvalue weighted by Gasteiger charge is 2.13. The zero-order valence-corrected chi connectivity index (χ0v) is 12.5. The number of nitrogens with zero attached hydrogens (tertiary/aromatic N) is 3. The molecule has 0 bridgehead atoms. The van der Waals surface area contributed by atoms with Gasteiger partial charge in [0.25, 0.3) is 0 Å². The van der Waals surface area contributed by atoms with Crippen LogP contribution in [0, 0.1) is 6.92 Å². The molecule has 0 unspecified atom stereocenters. The number of fused-ring (bicyclic) bond motifs is 1. The van der Waals surface area contributed by atoms with E-state index >= 15 is 0 Å². The fourth-order valence-corrected chi connectivity index (χ4v) is 2.98. The Kier molecular flexibility index (Phi) is 3.11. The third-order valence-electron chi connectivity index (χ3n) is 3.22. The lowest BCUT2D eigenvalue weighted by Gasteiger charge is -2.05. The van der Waals surface area contributed by atoms with Gasteiger partial charge in [-0.25, -0.2) is 9.97 Å². The van der Waals surface area contributed by atoms with Crippen molar-refractivity contribution in [3.8, 4) is 11.4 Å². The summed E-state index contributed by atoms with van der Waals surface area (Å²) < 4.78 is 3.20. The van der Waals surface area contributed by atoms with Crippen LogP contribution in [0.25, 0.3) is 22.4 Å².